The minimum Gasteiger partial charge on any atom is -0.366 e. The van der Waals surface area contributed by atoms with E-state index >= 15 is 0 Å². The smallest absolute Gasteiger partial charge is 0.182 e. The number of nitrogens with zero attached hydrogens (tertiary/aromatic N) is 2. The van der Waals surface area contributed by atoms with Gasteiger partial charge in [-0.3, -0.25) is 0 Å². The van der Waals surface area contributed by atoms with Gasteiger partial charge in [0.15, 0.2) is 5.13 Å². The van der Waals surface area contributed by atoms with Crippen molar-refractivity contribution in [2.24, 2.45) is 0 Å². The van der Waals surface area contributed by atoms with Gasteiger partial charge in [-0.05, 0) is 31.9 Å². The van der Waals surface area contributed by atoms with Gasteiger partial charge in [-0.25, -0.2) is 4.98 Å². The number of rotatable bonds is 7. The number of anilines is 2. The van der Waals surface area contributed by atoms with Gasteiger partial charge in [0.2, 0.25) is 0 Å². The van der Waals surface area contributed by atoms with Crippen LogP contribution >= 0.6 is 11.3 Å². The maximum absolute atomic E-state index is 4.44. The summed E-state index contributed by atoms with van der Waals surface area (Å²) in [5.74, 6) is 0. The number of para-hydroxylation sites is 1. The third kappa shape index (κ3) is 3.73. The van der Waals surface area contributed by atoms with Crippen molar-refractivity contribution in [2.75, 3.05) is 23.3 Å². The van der Waals surface area contributed by atoms with Gasteiger partial charge < -0.3 is 10.2 Å². The first-order valence-electron chi connectivity index (χ1n) is 7.23. The molecule has 0 aliphatic rings. The van der Waals surface area contributed by atoms with Crippen LogP contribution < -0.4 is 10.2 Å². The SMILES string of the molecule is CCCNc1ncc(CN(CC)c2ccccc2C)s1. The van der Waals surface area contributed by atoms with Crippen molar-refractivity contribution in [3.05, 3.63) is 40.9 Å². The van der Waals surface area contributed by atoms with Crippen molar-refractivity contribution in [3.63, 3.8) is 0 Å². The van der Waals surface area contributed by atoms with E-state index < -0.39 is 0 Å². The number of aryl methyl sites for hydroxylation is 1. The first-order valence-corrected chi connectivity index (χ1v) is 8.05. The monoisotopic (exact) mass is 289 g/mol. The largest absolute Gasteiger partial charge is 0.366 e. The van der Waals surface area contributed by atoms with E-state index in [2.05, 4.69) is 60.2 Å². The van der Waals surface area contributed by atoms with Crippen molar-refractivity contribution in [1.82, 2.24) is 4.98 Å². The van der Waals surface area contributed by atoms with Crippen LogP contribution in [0.5, 0.6) is 0 Å². The number of aromatic nitrogens is 1. The summed E-state index contributed by atoms with van der Waals surface area (Å²) in [7, 11) is 0. The summed E-state index contributed by atoms with van der Waals surface area (Å²) in [5, 5.41) is 4.38. The first kappa shape index (κ1) is 14.9. The molecule has 0 radical (unpaired) electrons. The van der Waals surface area contributed by atoms with Crippen LogP contribution in [0.15, 0.2) is 30.5 Å². The van der Waals surface area contributed by atoms with Crippen LogP contribution in [-0.2, 0) is 6.54 Å². The maximum atomic E-state index is 4.44. The Bertz CT molecular complexity index is 536. The Balaban J connectivity index is 2.07. The highest BCUT2D eigenvalue weighted by Crippen LogP contribution is 2.25. The molecule has 0 fully saturated rings. The molecule has 2 rings (SSSR count). The van der Waals surface area contributed by atoms with E-state index in [0.717, 1.165) is 31.2 Å². The molecule has 20 heavy (non-hydrogen) atoms. The second-order valence-electron chi connectivity index (χ2n) is 4.86. The van der Waals surface area contributed by atoms with Gasteiger partial charge in [0, 0.05) is 29.9 Å². The molecule has 0 saturated heterocycles. The lowest BCUT2D eigenvalue weighted by Crippen LogP contribution is -2.22. The Hall–Kier alpha value is -1.55. The summed E-state index contributed by atoms with van der Waals surface area (Å²) in [5.41, 5.74) is 2.63. The quantitative estimate of drug-likeness (QED) is 0.823. The molecule has 3 nitrogen and oxygen atoms in total. The normalized spacial score (nSPS) is 10.6. The molecule has 0 aliphatic carbocycles. The minimum absolute atomic E-state index is 0.923. The summed E-state index contributed by atoms with van der Waals surface area (Å²) in [6, 6.07) is 8.55. The number of hydrogen-bond acceptors (Lipinski definition) is 4. The fraction of sp³-hybridized carbons (Fsp3) is 0.438. The van der Waals surface area contributed by atoms with Crippen LogP contribution in [0.3, 0.4) is 0 Å². The molecule has 2 aromatic rings. The number of benzene rings is 1. The van der Waals surface area contributed by atoms with Crippen LogP contribution in [-0.4, -0.2) is 18.1 Å². The zero-order valence-corrected chi connectivity index (χ0v) is 13.3. The van der Waals surface area contributed by atoms with Gasteiger partial charge in [0.05, 0.1) is 6.54 Å². The Morgan fingerprint density at radius 2 is 2.05 bits per heavy atom. The van der Waals surface area contributed by atoms with Crippen LogP contribution in [0.2, 0.25) is 0 Å². The topological polar surface area (TPSA) is 28.2 Å². The highest BCUT2D eigenvalue weighted by molar-refractivity contribution is 7.15. The molecule has 0 spiro atoms. The molecule has 0 atom stereocenters. The maximum Gasteiger partial charge on any atom is 0.182 e. The molecule has 4 heteroatoms. The fourth-order valence-corrected chi connectivity index (χ4v) is 3.02. The van der Waals surface area contributed by atoms with Gasteiger partial charge in [-0.1, -0.05) is 25.1 Å². The van der Waals surface area contributed by atoms with Crippen LogP contribution in [0, 0.1) is 6.92 Å². The number of hydrogen-bond donors (Lipinski definition) is 1. The summed E-state index contributed by atoms with van der Waals surface area (Å²) in [6.45, 7) is 9.44. The lowest BCUT2D eigenvalue weighted by molar-refractivity contribution is 0.836. The predicted octanol–water partition coefficient (Wildman–Crippen LogP) is 4.30. The lowest BCUT2D eigenvalue weighted by Gasteiger charge is -2.24. The second kappa shape index (κ2) is 7.29. The standard InChI is InChI=1S/C16H23N3S/c1-4-10-17-16-18-11-14(20-16)12-19(5-2)15-9-7-6-8-13(15)3/h6-9,11H,4-5,10,12H2,1-3H3,(H,17,18). The van der Waals surface area contributed by atoms with E-state index in [-0.39, 0.29) is 0 Å². The zero-order valence-electron chi connectivity index (χ0n) is 12.5. The van der Waals surface area contributed by atoms with Crippen molar-refractivity contribution < 1.29 is 0 Å². The molecule has 0 amide bonds. The van der Waals surface area contributed by atoms with E-state index in [9.17, 15) is 0 Å². The molecule has 0 bridgehead atoms. The molecule has 1 N–H and O–H groups in total. The van der Waals surface area contributed by atoms with Gasteiger partial charge in [0.25, 0.3) is 0 Å². The van der Waals surface area contributed by atoms with E-state index in [4.69, 9.17) is 0 Å². The van der Waals surface area contributed by atoms with Gasteiger partial charge in [-0.15, -0.1) is 11.3 Å². The minimum atomic E-state index is 0.923. The number of nitrogens with one attached hydrogen (secondary N) is 1. The molecular weight excluding hydrogens is 266 g/mol. The fourth-order valence-electron chi connectivity index (χ4n) is 2.17. The Kier molecular flexibility index (Phi) is 5.41. The molecular formula is C16H23N3S. The molecule has 0 aliphatic heterocycles. The highest BCUT2D eigenvalue weighted by Gasteiger charge is 2.10. The zero-order chi connectivity index (χ0) is 14.4. The van der Waals surface area contributed by atoms with Crippen molar-refractivity contribution in [1.29, 1.82) is 0 Å². The van der Waals surface area contributed by atoms with E-state index in [0.29, 0.717) is 0 Å². The third-order valence-electron chi connectivity index (χ3n) is 3.26. The third-order valence-corrected chi connectivity index (χ3v) is 4.20. The summed E-state index contributed by atoms with van der Waals surface area (Å²) in [6.07, 6.45) is 3.11. The molecule has 1 heterocycles. The molecule has 1 aromatic carbocycles. The van der Waals surface area contributed by atoms with Gasteiger partial charge >= 0.3 is 0 Å². The highest BCUT2D eigenvalue weighted by atomic mass is 32.1. The van der Waals surface area contributed by atoms with E-state index in [1.165, 1.54) is 16.1 Å². The van der Waals surface area contributed by atoms with E-state index in [1.54, 1.807) is 11.3 Å². The second-order valence-corrected chi connectivity index (χ2v) is 5.97. The van der Waals surface area contributed by atoms with Crippen LogP contribution in [0.4, 0.5) is 10.8 Å². The first-order chi connectivity index (χ1) is 9.74. The van der Waals surface area contributed by atoms with E-state index in [1.807, 2.05) is 6.20 Å². The van der Waals surface area contributed by atoms with Crippen LogP contribution in [0.25, 0.3) is 0 Å². The molecule has 1 aromatic heterocycles. The summed E-state index contributed by atoms with van der Waals surface area (Å²) in [4.78, 5) is 8.13. The average Bonchev–Trinajstić information content (AvgIpc) is 2.91. The average molecular weight is 289 g/mol. The summed E-state index contributed by atoms with van der Waals surface area (Å²) < 4.78 is 0. The predicted molar refractivity (Wildman–Crippen MR) is 88.8 cm³/mol. The van der Waals surface area contributed by atoms with Crippen molar-refractivity contribution in [2.45, 2.75) is 33.7 Å². The van der Waals surface area contributed by atoms with Crippen molar-refractivity contribution >= 4 is 22.2 Å². The van der Waals surface area contributed by atoms with Gasteiger partial charge in [-0.2, -0.15) is 0 Å². The molecule has 108 valence electrons. The van der Waals surface area contributed by atoms with Gasteiger partial charge in [0.1, 0.15) is 0 Å². The summed E-state index contributed by atoms with van der Waals surface area (Å²) >= 11 is 1.75. The molecule has 0 saturated carbocycles. The lowest BCUT2D eigenvalue weighted by atomic mass is 10.2. The molecule has 0 unspecified atom stereocenters. The number of thiazole rings is 1. The Morgan fingerprint density at radius 3 is 2.75 bits per heavy atom. The Labute approximate surface area is 125 Å². The Morgan fingerprint density at radius 1 is 1.25 bits per heavy atom. The van der Waals surface area contributed by atoms with Crippen molar-refractivity contribution in [3.8, 4) is 0 Å². The van der Waals surface area contributed by atoms with Crippen LogP contribution in [0.1, 0.15) is 30.7 Å².